The Bertz CT molecular complexity index is 1200. The number of nitrogens with one attached hydrogen (secondary N) is 2. The van der Waals surface area contributed by atoms with Crippen LogP contribution < -0.4 is 20.2 Å². The van der Waals surface area contributed by atoms with E-state index in [0.29, 0.717) is 34.1 Å². The summed E-state index contributed by atoms with van der Waals surface area (Å²) in [5, 5.41) is 6.80. The molecule has 3 aromatic rings. The quantitative estimate of drug-likeness (QED) is 0.210. The lowest BCUT2D eigenvalue weighted by Crippen LogP contribution is -2.34. The van der Waals surface area contributed by atoms with E-state index in [2.05, 4.69) is 15.8 Å². The Morgan fingerprint density at radius 3 is 2.44 bits per heavy atom. The summed E-state index contributed by atoms with van der Waals surface area (Å²) in [6, 6.07) is 19.9. The van der Waals surface area contributed by atoms with Gasteiger partial charge in [0.2, 0.25) is 0 Å². The van der Waals surface area contributed by atoms with Gasteiger partial charge in [-0.1, -0.05) is 35.9 Å². The molecule has 0 aliphatic rings. The van der Waals surface area contributed by atoms with Gasteiger partial charge >= 0.3 is 5.97 Å². The van der Waals surface area contributed by atoms with Gasteiger partial charge in [0.25, 0.3) is 11.8 Å². The van der Waals surface area contributed by atoms with Crippen molar-refractivity contribution >= 4 is 35.6 Å². The van der Waals surface area contributed by atoms with E-state index < -0.39 is 17.8 Å². The van der Waals surface area contributed by atoms with E-state index in [9.17, 15) is 14.4 Å². The number of nitrogens with zero attached hydrogens (tertiary/aromatic N) is 1. The summed E-state index contributed by atoms with van der Waals surface area (Å²) in [6.45, 7) is 1.91. The van der Waals surface area contributed by atoms with Crippen molar-refractivity contribution < 1.29 is 23.9 Å². The molecule has 0 aliphatic heterocycles. The fraction of sp³-hybridized carbons (Fsp3) is 0.120. The second-order valence-corrected chi connectivity index (χ2v) is 7.32. The second kappa shape index (κ2) is 12.2. The molecule has 3 aromatic carbocycles. The number of carbonyl (C=O) groups is 3. The number of esters is 1. The van der Waals surface area contributed by atoms with Crippen molar-refractivity contribution in [3.63, 3.8) is 0 Å². The van der Waals surface area contributed by atoms with Gasteiger partial charge in [-0.15, -0.1) is 0 Å². The molecule has 0 fully saturated rings. The number of carbonyl (C=O) groups excluding carboxylic acids is 3. The fourth-order valence-electron chi connectivity index (χ4n) is 2.80. The smallest absolute Gasteiger partial charge is 0.343 e. The average molecular weight is 480 g/mol. The lowest BCUT2D eigenvalue weighted by Gasteiger charge is -2.11. The molecule has 34 heavy (non-hydrogen) atoms. The SMILES string of the molecule is CCOc1cc(C=NNC(=O)CNC(=O)c2cccc(Cl)c2)ccc1OC(=O)c1ccccc1. The second-order valence-electron chi connectivity index (χ2n) is 6.88. The highest BCUT2D eigenvalue weighted by atomic mass is 35.5. The molecule has 0 bridgehead atoms. The number of halogens is 1. The van der Waals surface area contributed by atoms with Crippen LogP contribution in [-0.2, 0) is 4.79 Å². The first-order valence-corrected chi connectivity index (χ1v) is 10.7. The minimum Gasteiger partial charge on any atom is -0.490 e. The van der Waals surface area contributed by atoms with Crippen LogP contribution in [0.4, 0.5) is 0 Å². The minimum absolute atomic E-state index is 0.263. The first kappa shape index (κ1) is 24.5. The van der Waals surface area contributed by atoms with E-state index in [1.54, 1.807) is 60.7 Å². The highest BCUT2D eigenvalue weighted by Crippen LogP contribution is 2.29. The normalized spacial score (nSPS) is 10.5. The summed E-state index contributed by atoms with van der Waals surface area (Å²) >= 11 is 5.86. The van der Waals surface area contributed by atoms with E-state index in [4.69, 9.17) is 21.1 Å². The fourth-order valence-corrected chi connectivity index (χ4v) is 2.99. The average Bonchev–Trinajstić information content (AvgIpc) is 2.84. The number of hydrazone groups is 1. The van der Waals surface area contributed by atoms with Crippen molar-refractivity contribution in [2.24, 2.45) is 5.10 Å². The van der Waals surface area contributed by atoms with Crippen molar-refractivity contribution in [1.29, 1.82) is 0 Å². The van der Waals surface area contributed by atoms with Gasteiger partial charge in [-0.3, -0.25) is 9.59 Å². The monoisotopic (exact) mass is 479 g/mol. The van der Waals surface area contributed by atoms with Gasteiger partial charge in [0.05, 0.1) is 24.9 Å². The lowest BCUT2D eigenvalue weighted by molar-refractivity contribution is -0.120. The van der Waals surface area contributed by atoms with Crippen LogP contribution in [0.2, 0.25) is 5.02 Å². The molecular weight excluding hydrogens is 458 g/mol. The molecule has 0 aliphatic carbocycles. The first-order chi connectivity index (χ1) is 16.5. The third kappa shape index (κ3) is 7.18. The molecule has 3 rings (SSSR count). The molecule has 0 atom stereocenters. The molecule has 8 nitrogen and oxygen atoms in total. The predicted octanol–water partition coefficient (Wildman–Crippen LogP) is 3.84. The maximum atomic E-state index is 12.3. The molecule has 0 aromatic heterocycles. The summed E-state index contributed by atoms with van der Waals surface area (Å²) < 4.78 is 11.0. The molecule has 0 saturated carbocycles. The van der Waals surface area contributed by atoms with Crippen LogP contribution in [0, 0.1) is 0 Å². The topological polar surface area (TPSA) is 106 Å². The van der Waals surface area contributed by atoms with Gasteiger partial charge in [-0.2, -0.15) is 5.10 Å². The Balaban J connectivity index is 1.56. The van der Waals surface area contributed by atoms with Gasteiger partial charge in [0.15, 0.2) is 11.5 Å². The molecule has 174 valence electrons. The van der Waals surface area contributed by atoms with E-state index in [1.165, 1.54) is 12.3 Å². The zero-order valence-corrected chi connectivity index (χ0v) is 19.0. The lowest BCUT2D eigenvalue weighted by atomic mass is 10.2. The largest absolute Gasteiger partial charge is 0.490 e. The van der Waals surface area contributed by atoms with Gasteiger partial charge in [-0.25, -0.2) is 10.2 Å². The van der Waals surface area contributed by atoms with Crippen molar-refractivity contribution in [3.05, 3.63) is 94.5 Å². The Labute approximate surface area is 201 Å². The molecule has 9 heteroatoms. The summed E-state index contributed by atoms with van der Waals surface area (Å²) in [4.78, 5) is 36.4. The Morgan fingerprint density at radius 2 is 1.71 bits per heavy atom. The highest BCUT2D eigenvalue weighted by molar-refractivity contribution is 6.31. The standard InChI is InChI=1S/C25H22ClN3O5/c1-2-33-22-13-17(11-12-21(22)34-25(32)18-7-4-3-5-8-18)15-28-29-23(30)16-27-24(31)19-9-6-10-20(26)14-19/h3-15H,2,16H2,1H3,(H,27,31)(H,29,30). The van der Waals surface area contributed by atoms with Crippen LogP contribution in [0.15, 0.2) is 77.9 Å². The van der Waals surface area contributed by atoms with Crippen LogP contribution >= 0.6 is 11.6 Å². The molecule has 2 amide bonds. The molecule has 2 N–H and O–H groups in total. The van der Waals surface area contributed by atoms with Crippen LogP contribution in [-0.4, -0.2) is 37.1 Å². The highest BCUT2D eigenvalue weighted by Gasteiger charge is 2.13. The van der Waals surface area contributed by atoms with E-state index in [-0.39, 0.29) is 12.3 Å². The molecule has 0 saturated heterocycles. The van der Waals surface area contributed by atoms with E-state index in [0.717, 1.165) is 0 Å². The molecule has 0 heterocycles. The number of ether oxygens (including phenoxy) is 2. The number of benzene rings is 3. The minimum atomic E-state index is -0.509. The summed E-state index contributed by atoms with van der Waals surface area (Å²) in [5.41, 5.74) is 3.70. The van der Waals surface area contributed by atoms with Crippen LogP contribution in [0.1, 0.15) is 33.2 Å². The zero-order valence-electron chi connectivity index (χ0n) is 18.3. The van der Waals surface area contributed by atoms with E-state index >= 15 is 0 Å². The van der Waals surface area contributed by atoms with Gasteiger partial charge in [0.1, 0.15) is 0 Å². The Morgan fingerprint density at radius 1 is 0.941 bits per heavy atom. The number of rotatable bonds is 9. The van der Waals surface area contributed by atoms with E-state index in [1.807, 2.05) is 13.0 Å². The van der Waals surface area contributed by atoms with Gasteiger partial charge < -0.3 is 14.8 Å². The van der Waals surface area contributed by atoms with Crippen molar-refractivity contribution in [3.8, 4) is 11.5 Å². The summed E-state index contributed by atoms with van der Waals surface area (Å²) in [5.74, 6) is -0.819. The third-order valence-electron chi connectivity index (χ3n) is 4.38. The van der Waals surface area contributed by atoms with Gasteiger partial charge in [0, 0.05) is 10.6 Å². The van der Waals surface area contributed by atoms with Crippen LogP contribution in [0.25, 0.3) is 0 Å². The summed E-state index contributed by atoms with van der Waals surface area (Å²) in [6.07, 6.45) is 1.40. The maximum absolute atomic E-state index is 12.3. The first-order valence-electron chi connectivity index (χ1n) is 10.4. The molecule has 0 unspecified atom stereocenters. The molecular formula is C25H22ClN3O5. The molecule has 0 spiro atoms. The van der Waals surface area contributed by atoms with Crippen LogP contribution in [0.5, 0.6) is 11.5 Å². The molecule has 0 radical (unpaired) electrons. The number of amides is 2. The van der Waals surface area contributed by atoms with Gasteiger partial charge in [-0.05, 0) is 61.0 Å². The summed E-state index contributed by atoms with van der Waals surface area (Å²) in [7, 11) is 0. The van der Waals surface area contributed by atoms with Crippen molar-refractivity contribution in [2.75, 3.05) is 13.2 Å². The number of hydrogen-bond donors (Lipinski definition) is 2. The maximum Gasteiger partial charge on any atom is 0.343 e. The Hall–Kier alpha value is -4.17. The van der Waals surface area contributed by atoms with Crippen molar-refractivity contribution in [2.45, 2.75) is 6.92 Å². The third-order valence-corrected chi connectivity index (χ3v) is 4.61. The zero-order chi connectivity index (χ0) is 24.3. The van der Waals surface area contributed by atoms with Crippen LogP contribution in [0.3, 0.4) is 0 Å². The van der Waals surface area contributed by atoms with Crippen molar-refractivity contribution in [1.82, 2.24) is 10.7 Å². The Kier molecular flexibility index (Phi) is 8.76. The number of hydrogen-bond acceptors (Lipinski definition) is 6. The predicted molar refractivity (Wildman–Crippen MR) is 129 cm³/mol.